The fourth-order valence-electron chi connectivity index (χ4n) is 3.52. The molecule has 0 saturated heterocycles. The molecule has 1 N–H and O–H groups in total. The Morgan fingerprint density at radius 2 is 1.71 bits per heavy atom. The first kappa shape index (κ1) is 24.2. The van der Waals surface area contributed by atoms with Crippen molar-refractivity contribution in [3.05, 3.63) is 75.8 Å². The predicted molar refractivity (Wildman–Crippen MR) is 117 cm³/mol. The molecule has 0 bridgehead atoms. The van der Waals surface area contributed by atoms with E-state index in [9.17, 15) is 26.7 Å². The maximum absolute atomic E-state index is 14.6. The second-order valence-corrected chi connectivity index (χ2v) is 8.96. The van der Waals surface area contributed by atoms with E-state index in [0.717, 1.165) is 10.5 Å². The van der Waals surface area contributed by atoms with Crippen molar-refractivity contribution >= 4 is 21.8 Å². The van der Waals surface area contributed by atoms with Crippen molar-refractivity contribution in [3.63, 3.8) is 0 Å². The summed E-state index contributed by atoms with van der Waals surface area (Å²) in [6.07, 6.45) is -0.0410. The normalized spacial score (nSPS) is 15.1. The zero-order valence-corrected chi connectivity index (χ0v) is 19.3. The molecule has 1 saturated carbocycles. The molecule has 1 aliphatic rings. The van der Waals surface area contributed by atoms with Crippen LogP contribution in [0.25, 0.3) is 11.4 Å². The van der Waals surface area contributed by atoms with Crippen LogP contribution in [0.15, 0.2) is 53.4 Å². The molecule has 1 unspecified atom stereocenters. The molecular weight excluding hydrogens is 523 g/mol. The lowest BCUT2D eigenvalue weighted by molar-refractivity contribution is -0.137. The lowest BCUT2D eigenvalue weighted by Crippen LogP contribution is -2.29. The van der Waals surface area contributed by atoms with Gasteiger partial charge in [-0.3, -0.25) is 19.7 Å². The lowest BCUT2D eigenvalue weighted by atomic mass is 9.97. The van der Waals surface area contributed by atoms with Gasteiger partial charge < -0.3 is 5.32 Å². The van der Waals surface area contributed by atoms with Gasteiger partial charge in [-0.25, -0.2) is 8.78 Å². The van der Waals surface area contributed by atoms with Crippen LogP contribution in [-0.4, -0.2) is 20.9 Å². The number of nitrogens with one attached hydrogen (secondary N) is 1. The monoisotopic (exact) mass is 540 g/mol. The topological polar surface area (TPSA) is 67.8 Å². The van der Waals surface area contributed by atoms with Gasteiger partial charge in [-0.1, -0.05) is 0 Å². The summed E-state index contributed by atoms with van der Waals surface area (Å²) in [6.45, 7) is 1.57. The van der Waals surface area contributed by atoms with Crippen molar-refractivity contribution in [1.82, 2.24) is 20.3 Å². The third-order valence-corrected chi connectivity index (χ3v) is 5.92. The van der Waals surface area contributed by atoms with Crippen LogP contribution in [-0.2, 0) is 12.1 Å². The highest BCUT2D eigenvalue weighted by molar-refractivity contribution is 9.10. The Hall–Kier alpha value is -2.95. The second kappa shape index (κ2) is 9.01. The van der Waals surface area contributed by atoms with E-state index in [1.807, 2.05) is 0 Å². The molecule has 1 atom stereocenters. The molecule has 1 aromatic carbocycles. The summed E-state index contributed by atoms with van der Waals surface area (Å²) in [4.78, 5) is 25.6. The molecule has 178 valence electrons. The van der Waals surface area contributed by atoms with Gasteiger partial charge in [0.1, 0.15) is 5.69 Å². The first-order chi connectivity index (χ1) is 16.0. The third kappa shape index (κ3) is 5.08. The quantitative estimate of drug-likeness (QED) is 0.372. The molecule has 1 amide bonds. The minimum atomic E-state index is -4.89. The number of carbonyl (C=O) groups is 1. The summed E-state index contributed by atoms with van der Waals surface area (Å²) in [7, 11) is 0. The highest BCUT2D eigenvalue weighted by Crippen LogP contribution is 2.50. The summed E-state index contributed by atoms with van der Waals surface area (Å²) in [6, 6.07) is 4.44. The van der Waals surface area contributed by atoms with Gasteiger partial charge in [-0.15, -0.1) is 0 Å². The van der Waals surface area contributed by atoms with Gasteiger partial charge in [0.15, 0.2) is 0 Å². The zero-order chi connectivity index (χ0) is 24.7. The number of amides is 1. The van der Waals surface area contributed by atoms with E-state index in [4.69, 9.17) is 0 Å². The smallest absolute Gasteiger partial charge is 0.344 e. The van der Waals surface area contributed by atoms with E-state index >= 15 is 0 Å². The Morgan fingerprint density at radius 1 is 1.03 bits per heavy atom. The largest absolute Gasteiger partial charge is 0.416 e. The number of rotatable bonds is 6. The summed E-state index contributed by atoms with van der Waals surface area (Å²) in [5.74, 6) is -5.41. The number of nitrogens with zero attached hydrogens (tertiary/aromatic N) is 3. The number of benzene rings is 1. The van der Waals surface area contributed by atoms with E-state index in [0.29, 0.717) is 29.2 Å². The van der Waals surface area contributed by atoms with Crippen LogP contribution in [0.5, 0.6) is 0 Å². The van der Waals surface area contributed by atoms with Crippen molar-refractivity contribution in [2.75, 3.05) is 0 Å². The van der Waals surface area contributed by atoms with E-state index in [1.165, 1.54) is 12.4 Å². The summed E-state index contributed by atoms with van der Waals surface area (Å²) in [5, 5.41) is 2.55. The number of aromatic nitrogens is 3. The van der Waals surface area contributed by atoms with Gasteiger partial charge in [0, 0.05) is 40.1 Å². The summed E-state index contributed by atoms with van der Waals surface area (Å²) in [5.41, 5.74) is -1.47. The van der Waals surface area contributed by atoms with Crippen molar-refractivity contribution in [3.8, 4) is 11.4 Å². The highest BCUT2D eigenvalue weighted by Gasteiger charge is 2.49. The molecule has 1 fully saturated rings. The average Bonchev–Trinajstić information content (AvgIpc) is 3.65. The van der Waals surface area contributed by atoms with Crippen LogP contribution < -0.4 is 5.32 Å². The highest BCUT2D eigenvalue weighted by atomic mass is 79.9. The molecule has 4 rings (SSSR count). The van der Waals surface area contributed by atoms with Crippen LogP contribution in [0.4, 0.5) is 22.0 Å². The molecular formula is C23H18BrF5N4O. The Bertz CT molecular complexity index is 1210. The van der Waals surface area contributed by atoms with Crippen LogP contribution in [0, 0.1) is 5.92 Å². The van der Waals surface area contributed by atoms with Crippen LogP contribution in [0.3, 0.4) is 0 Å². The molecule has 5 nitrogen and oxygen atoms in total. The van der Waals surface area contributed by atoms with Crippen LogP contribution in [0.1, 0.15) is 53.0 Å². The van der Waals surface area contributed by atoms with Gasteiger partial charge >= 0.3 is 6.18 Å². The molecule has 0 radical (unpaired) electrons. The molecule has 34 heavy (non-hydrogen) atoms. The first-order valence-corrected chi connectivity index (χ1v) is 11.1. The van der Waals surface area contributed by atoms with Gasteiger partial charge in [-0.2, -0.15) is 13.2 Å². The summed E-state index contributed by atoms with van der Waals surface area (Å²) < 4.78 is 70.2. The Labute approximate surface area is 200 Å². The number of carbonyl (C=O) groups excluding carboxylic acids is 1. The number of pyridine rings is 1. The first-order valence-electron chi connectivity index (χ1n) is 10.3. The van der Waals surface area contributed by atoms with Gasteiger partial charge in [0.05, 0.1) is 23.0 Å². The predicted octanol–water partition coefficient (Wildman–Crippen LogP) is 6.31. The Kier molecular flexibility index (Phi) is 6.41. The molecule has 3 aromatic rings. The van der Waals surface area contributed by atoms with Crippen molar-refractivity contribution in [1.29, 1.82) is 0 Å². The molecule has 11 heteroatoms. The van der Waals surface area contributed by atoms with Gasteiger partial charge in [0.2, 0.25) is 0 Å². The number of alkyl halides is 5. The molecule has 1 aliphatic carbocycles. The van der Waals surface area contributed by atoms with Crippen molar-refractivity contribution in [2.45, 2.75) is 37.9 Å². The fraction of sp³-hybridized carbons (Fsp3) is 0.304. The molecule has 0 aliphatic heterocycles. The molecule has 2 heterocycles. The minimum absolute atomic E-state index is 0.224. The fourth-order valence-corrected chi connectivity index (χ4v) is 3.76. The number of hydrogen-bond acceptors (Lipinski definition) is 4. The van der Waals surface area contributed by atoms with Gasteiger partial charge in [-0.05, 0) is 66.0 Å². The third-order valence-electron chi connectivity index (χ3n) is 5.45. The van der Waals surface area contributed by atoms with Crippen LogP contribution in [0.2, 0.25) is 0 Å². The summed E-state index contributed by atoms with van der Waals surface area (Å²) >= 11 is 3.29. The van der Waals surface area contributed by atoms with Crippen molar-refractivity contribution < 1.29 is 26.7 Å². The minimum Gasteiger partial charge on any atom is -0.344 e. The Balaban J connectivity index is 1.65. The molecule has 2 aromatic heterocycles. The maximum Gasteiger partial charge on any atom is 0.416 e. The van der Waals surface area contributed by atoms with E-state index in [1.54, 1.807) is 25.3 Å². The molecule has 0 spiro atoms. The number of hydrogen-bond donors (Lipinski definition) is 1. The lowest BCUT2D eigenvalue weighted by Gasteiger charge is -2.20. The van der Waals surface area contributed by atoms with Crippen LogP contribution >= 0.6 is 15.9 Å². The standard InChI is InChI=1S/C23H18BrF5N4O/c1-12(19-20(31-7-6-30-19)18-5-4-17(24)11-32-18)33-21(34)13-8-15(22(25,26)14-2-3-14)10-16(9-13)23(27,28)29/h4-12,14H,2-3H2,1H3,(H,33,34). The van der Waals surface area contributed by atoms with Crippen molar-refractivity contribution in [2.24, 2.45) is 5.92 Å². The second-order valence-electron chi connectivity index (χ2n) is 8.04. The van der Waals surface area contributed by atoms with Gasteiger partial charge in [0.25, 0.3) is 11.8 Å². The van der Waals surface area contributed by atoms with E-state index < -0.39 is 46.7 Å². The Morgan fingerprint density at radius 3 is 2.32 bits per heavy atom. The SMILES string of the molecule is CC(NC(=O)c1cc(C(F)(F)F)cc(C(F)(F)C2CC2)c1)c1nccnc1-c1ccc(Br)cn1. The average molecular weight is 541 g/mol. The van der Waals surface area contributed by atoms with E-state index in [2.05, 4.69) is 36.2 Å². The maximum atomic E-state index is 14.6. The zero-order valence-electron chi connectivity index (χ0n) is 17.7. The number of halogens is 6. The van der Waals surface area contributed by atoms with E-state index in [-0.39, 0.29) is 12.8 Å².